The van der Waals surface area contributed by atoms with Crippen molar-refractivity contribution in [3.8, 4) is 0 Å². The second-order valence-electron chi connectivity index (χ2n) is 6.16. The predicted molar refractivity (Wildman–Crippen MR) is 94.7 cm³/mol. The van der Waals surface area contributed by atoms with E-state index in [1.807, 2.05) is 18.2 Å². The molecule has 0 aliphatic heterocycles. The van der Waals surface area contributed by atoms with Crippen LogP contribution in [0.25, 0.3) is 16.9 Å². The van der Waals surface area contributed by atoms with Crippen LogP contribution in [0.2, 0.25) is 0 Å². The van der Waals surface area contributed by atoms with Gasteiger partial charge in [0.2, 0.25) is 0 Å². The minimum absolute atomic E-state index is 0.133. The van der Waals surface area contributed by atoms with Gasteiger partial charge in [0, 0.05) is 5.56 Å². The van der Waals surface area contributed by atoms with Crippen LogP contribution in [-0.4, -0.2) is 5.11 Å². The summed E-state index contributed by atoms with van der Waals surface area (Å²) in [4.78, 5) is 0. The van der Waals surface area contributed by atoms with Crippen molar-refractivity contribution in [1.29, 1.82) is 0 Å². The Balaban J connectivity index is 2.13. The van der Waals surface area contributed by atoms with E-state index < -0.39 is 0 Å². The largest absolute Gasteiger partial charge is 0.508 e. The highest BCUT2D eigenvalue weighted by molar-refractivity contribution is 5.94. The van der Waals surface area contributed by atoms with Gasteiger partial charge in [-0.3, -0.25) is 0 Å². The van der Waals surface area contributed by atoms with E-state index in [2.05, 4.69) is 44.7 Å². The summed E-state index contributed by atoms with van der Waals surface area (Å²) in [5.74, 6) is 0.133. The molecule has 2 aromatic rings. The molecule has 0 amide bonds. The summed E-state index contributed by atoms with van der Waals surface area (Å²) in [5, 5.41) is 9.64. The molecule has 0 atom stereocenters. The highest BCUT2D eigenvalue weighted by atomic mass is 16.3. The number of aliphatic hydroxyl groups excluding tert-OH is 1. The first kappa shape index (κ1) is 14.6. The Labute approximate surface area is 132 Å². The Bertz CT molecular complexity index is 765. The van der Waals surface area contributed by atoms with Crippen LogP contribution in [-0.2, 0) is 0 Å². The van der Waals surface area contributed by atoms with Gasteiger partial charge in [0.15, 0.2) is 0 Å². The summed E-state index contributed by atoms with van der Waals surface area (Å²) < 4.78 is 0. The van der Waals surface area contributed by atoms with Gasteiger partial charge in [0.1, 0.15) is 5.76 Å². The normalized spacial score (nSPS) is 14.5. The molecule has 0 saturated carbocycles. The van der Waals surface area contributed by atoms with Gasteiger partial charge >= 0.3 is 0 Å². The van der Waals surface area contributed by atoms with Crippen LogP contribution in [0.3, 0.4) is 0 Å². The van der Waals surface area contributed by atoms with E-state index in [0.29, 0.717) is 0 Å². The minimum atomic E-state index is 0.133. The third-order valence-electron chi connectivity index (χ3n) is 4.48. The lowest BCUT2D eigenvalue weighted by Crippen LogP contribution is -1.92. The molecule has 3 rings (SSSR count). The maximum atomic E-state index is 9.64. The fourth-order valence-electron chi connectivity index (χ4n) is 3.31. The molecule has 0 aromatic heterocycles. The van der Waals surface area contributed by atoms with Gasteiger partial charge in [0.25, 0.3) is 0 Å². The average molecular weight is 290 g/mol. The molecule has 0 unspecified atom stereocenters. The molecular formula is C21H22O. The Hall–Kier alpha value is -2.28. The predicted octanol–water partition coefficient (Wildman–Crippen LogP) is 5.93. The molecule has 0 bridgehead atoms. The molecule has 1 aliphatic rings. The summed E-state index contributed by atoms with van der Waals surface area (Å²) >= 11 is 0. The van der Waals surface area contributed by atoms with Crippen LogP contribution < -0.4 is 0 Å². The molecule has 0 fully saturated rings. The number of benzene rings is 2. The van der Waals surface area contributed by atoms with Crippen molar-refractivity contribution in [2.24, 2.45) is 0 Å². The fourth-order valence-corrected chi connectivity index (χ4v) is 3.31. The molecule has 1 N–H and O–H groups in total. The second-order valence-corrected chi connectivity index (χ2v) is 6.16. The van der Waals surface area contributed by atoms with E-state index >= 15 is 0 Å². The van der Waals surface area contributed by atoms with Gasteiger partial charge in [0.05, 0.1) is 0 Å². The van der Waals surface area contributed by atoms with Gasteiger partial charge in [-0.25, -0.2) is 0 Å². The van der Waals surface area contributed by atoms with Crippen LogP contribution in [0.15, 0.2) is 49.0 Å². The lowest BCUT2D eigenvalue weighted by Gasteiger charge is -2.13. The summed E-state index contributed by atoms with van der Waals surface area (Å²) in [6.45, 7) is 7.97. The molecule has 112 valence electrons. The number of rotatable bonds is 3. The van der Waals surface area contributed by atoms with Crippen molar-refractivity contribution in [3.63, 3.8) is 0 Å². The smallest absolute Gasteiger partial charge is 0.115 e. The topological polar surface area (TPSA) is 20.2 Å². The first-order valence-electron chi connectivity index (χ1n) is 7.84. The van der Waals surface area contributed by atoms with Crippen LogP contribution >= 0.6 is 0 Å². The zero-order valence-electron chi connectivity index (χ0n) is 13.3. The van der Waals surface area contributed by atoms with Gasteiger partial charge in [-0.2, -0.15) is 0 Å². The summed E-state index contributed by atoms with van der Waals surface area (Å²) in [6, 6.07) is 14.8. The Morgan fingerprint density at radius 1 is 1.00 bits per heavy atom. The Morgan fingerprint density at radius 3 is 2.55 bits per heavy atom. The average Bonchev–Trinajstić information content (AvgIpc) is 2.99. The molecule has 1 nitrogen and oxygen atoms in total. The Kier molecular flexibility index (Phi) is 3.89. The van der Waals surface area contributed by atoms with Crippen molar-refractivity contribution in [1.82, 2.24) is 0 Å². The number of allylic oxidation sites excluding steroid dienone is 2. The zero-order chi connectivity index (χ0) is 15.7. The molecule has 0 spiro atoms. The number of aliphatic hydroxyl groups is 1. The zero-order valence-corrected chi connectivity index (χ0v) is 13.3. The molecule has 2 aromatic carbocycles. The van der Waals surface area contributed by atoms with Crippen molar-refractivity contribution in [3.05, 3.63) is 76.9 Å². The molecular weight excluding hydrogens is 268 g/mol. The molecule has 0 heterocycles. The maximum absolute atomic E-state index is 9.64. The van der Waals surface area contributed by atoms with Gasteiger partial charge in [-0.1, -0.05) is 48.5 Å². The van der Waals surface area contributed by atoms with Gasteiger partial charge in [-0.05, 0) is 67.0 Å². The number of hydrogen-bond acceptors (Lipinski definition) is 1. The van der Waals surface area contributed by atoms with E-state index in [0.717, 1.165) is 18.4 Å². The summed E-state index contributed by atoms with van der Waals surface area (Å²) in [5.41, 5.74) is 8.90. The maximum Gasteiger partial charge on any atom is 0.115 e. The fraction of sp³-hybridized carbons (Fsp3) is 0.238. The molecule has 22 heavy (non-hydrogen) atoms. The minimum Gasteiger partial charge on any atom is -0.508 e. The van der Waals surface area contributed by atoms with Crippen molar-refractivity contribution in [2.45, 2.75) is 33.1 Å². The van der Waals surface area contributed by atoms with Gasteiger partial charge in [-0.15, -0.1) is 0 Å². The number of aryl methyl sites for hydroxylation is 2. The number of hydrogen-bond donors (Lipinski definition) is 1. The standard InChI is InChI=1S/C21H22O/c1-14-10-11-15(2)21(12-14)20-9-5-8-19(20)18-7-4-6-17(13-18)16(3)22/h4,6-7,10-13,22H,3,5,8-9H2,1-2H3. The van der Waals surface area contributed by atoms with E-state index in [1.165, 1.54) is 39.8 Å². The molecule has 0 saturated heterocycles. The summed E-state index contributed by atoms with van der Waals surface area (Å²) in [7, 11) is 0. The van der Waals surface area contributed by atoms with E-state index in [4.69, 9.17) is 0 Å². The lowest BCUT2D eigenvalue weighted by atomic mass is 9.92. The van der Waals surface area contributed by atoms with Crippen LogP contribution in [0.5, 0.6) is 0 Å². The first-order valence-corrected chi connectivity index (χ1v) is 7.84. The van der Waals surface area contributed by atoms with Crippen LogP contribution in [0, 0.1) is 13.8 Å². The monoisotopic (exact) mass is 290 g/mol. The quantitative estimate of drug-likeness (QED) is 0.695. The van der Waals surface area contributed by atoms with E-state index in [1.54, 1.807) is 0 Å². The van der Waals surface area contributed by atoms with Gasteiger partial charge < -0.3 is 5.11 Å². The highest BCUT2D eigenvalue weighted by Gasteiger charge is 2.19. The summed E-state index contributed by atoms with van der Waals surface area (Å²) in [6.07, 6.45) is 3.43. The molecule has 1 heteroatoms. The van der Waals surface area contributed by atoms with E-state index in [9.17, 15) is 5.11 Å². The van der Waals surface area contributed by atoms with Crippen molar-refractivity contribution in [2.75, 3.05) is 0 Å². The van der Waals surface area contributed by atoms with Crippen molar-refractivity contribution < 1.29 is 5.11 Å². The molecule has 0 radical (unpaired) electrons. The highest BCUT2D eigenvalue weighted by Crippen LogP contribution is 2.41. The van der Waals surface area contributed by atoms with Crippen LogP contribution in [0.4, 0.5) is 0 Å². The van der Waals surface area contributed by atoms with Crippen molar-refractivity contribution >= 4 is 16.9 Å². The third kappa shape index (κ3) is 2.71. The second kappa shape index (κ2) is 5.84. The third-order valence-corrected chi connectivity index (χ3v) is 4.48. The van der Waals surface area contributed by atoms with Crippen LogP contribution in [0.1, 0.15) is 47.1 Å². The Morgan fingerprint density at radius 2 is 1.77 bits per heavy atom. The first-order chi connectivity index (χ1) is 10.6. The SMILES string of the molecule is C=C(O)c1cccc(C2=C(c3cc(C)ccc3C)CCC2)c1. The lowest BCUT2D eigenvalue weighted by molar-refractivity contribution is 0.514. The van der Waals surface area contributed by atoms with E-state index in [-0.39, 0.29) is 5.76 Å². The molecule has 1 aliphatic carbocycles.